The lowest BCUT2D eigenvalue weighted by Gasteiger charge is -2.28. The summed E-state index contributed by atoms with van der Waals surface area (Å²) in [6, 6.07) is 17.5. The number of hydrogen-bond donors (Lipinski definition) is 0. The number of cyclic esters (lactones) is 1. The lowest BCUT2D eigenvalue weighted by Crippen LogP contribution is -2.36. The molecule has 1 aliphatic rings. The molecule has 0 aliphatic carbocycles. The predicted octanol–water partition coefficient (Wildman–Crippen LogP) is 3.20. The van der Waals surface area contributed by atoms with Gasteiger partial charge in [-0.25, -0.2) is 4.79 Å². The molecule has 1 saturated heterocycles. The van der Waals surface area contributed by atoms with E-state index < -0.39 is 17.1 Å². The van der Waals surface area contributed by atoms with Gasteiger partial charge >= 0.3 is 6.09 Å². The minimum Gasteiger partial charge on any atom is -0.447 e. The third-order valence-electron chi connectivity index (χ3n) is 3.94. The first-order chi connectivity index (χ1) is 11.2. The summed E-state index contributed by atoms with van der Waals surface area (Å²) >= 11 is 0. The summed E-state index contributed by atoms with van der Waals surface area (Å²) in [6.07, 6.45) is -0.519. The Morgan fingerprint density at radius 2 is 1.74 bits per heavy atom. The van der Waals surface area contributed by atoms with E-state index >= 15 is 0 Å². The van der Waals surface area contributed by atoms with Gasteiger partial charge < -0.3 is 4.74 Å². The zero-order chi connectivity index (χ0) is 16.2. The molecular formula is C17H16N2O4. The SMILES string of the molecule is O=C1OC[C@@H](c2ccccc2)N1[C@H](C[N+](=O)[O-])c1ccccc1. The maximum Gasteiger partial charge on any atom is 0.411 e. The van der Waals surface area contributed by atoms with Gasteiger partial charge in [-0.05, 0) is 11.1 Å². The number of carbonyl (C=O) groups is 1. The summed E-state index contributed by atoms with van der Waals surface area (Å²) in [5, 5.41) is 11.1. The summed E-state index contributed by atoms with van der Waals surface area (Å²) in [7, 11) is 0. The molecule has 1 fully saturated rings. The lowest BCUT2D eigenvalue weighted by molar-refractivity contribution is -0.487. The molecule has 118 valence electrons. The zero-order valence-electron chi connectivity index (χ0n) is 12.4. The molecule has 2 atom stereocenters. The molecule has 23 heavy (non-hydrogen) atoms. The monoisotopic (exact) mass is 312 g/mol. The fraction of sp³-hybridized carbons (Fsp3) is 0.235. The van der Waals surface area contributed by atoms with Crippen molar-refractivity contribution in [3.63, 3.8) is 0 Å². The highest BCUT2D eigenvalue weighted by atomic mass is 16.6. The summed E-state index contributed by atoms with van der Waals surface area (Å²) in [6.45, 7) is -0.160. The highest BCUT2D eigenvalue weighted by molar-refractivity contribution is 5.71. The summed E-state index contributed by atoms with van der Waals surface area (Å²) < 4.78 is 5.18. The molecule has 0 bridgehead atoms. The highest BCUT2D eigenvalue weighted by Crippen LogP contribution is 2.35. The summed E-state index contributed by atoms with van der Waals surface area (Å²) in [5.41, 5.74) is 1.63. The molecule has 0 N–H and O–H groups in total. The third kappa shape index (κ3) is 3.15. The van der Waals surface area contributed by atoms with Crippen molar-refractivity contribution in [2.24, 2.45) is 0 Å². The maximum atomic E-state index is 12.2. The van der Waals surface area contributed by atoms with Gasteiger partial charge in [0.2, 0.25) is 6.54 Å². The number of rotatable bonds is 5. The average molecular weight is 312 g/mol. The summed E-state index contributed by atoms with van der Waals surface area (Å²) in [5.74, 6) is 0. The molecule has 2 aromatic rings. The first-order valence-corrected chi connectivity index (χ1v) is 7.33. The van der Waals surface area contributed by atoms with E-state index in [2.05, 4.69) is 0 Å². The topological polar surface area (TPSA) is 72.7 Å². The van der Waals surface area contributed by atoms with Crippen molar-refractivity contribution in [2.75, 3.05) is 13.2 Å². The van der Waals surface area contributed by atoms with E-state index in [0.717, 1.165) is 11.1 Å². The lowest BCUT2D eigenvalue weighted by atomic mass is 10.0. The van der Waals surface area contributed by atoms with Crippen LogP contribution in [-0.2, 0) is 4.74 Å². The van der Waals surface area contributed by atoms with Crippen molar-refractivity contribution < 1.29 is 14.5 Å². The first kappa shape index (κ1) is 15.0. The number of ether oxygens (including phenoxy) is 1. The van der Waals surface area contributed by atoms with Crippen molar-refractivity contribution in [3.8, 4) is 0 Å². The van der Waals surface area contributed by atoms with Crippen molar-refractivity contribution in [3.05, 3.63) is 81.9 Å². The average Bonchev–Trinajstić information content (AvgIpc) is 2.95. The predicted molar refractivity (Wildman–Crippen MR) is 83.4 cm³/mol. The van der Waals surface area contributed by atoms with Gasteiger partial charge in [0.15, 0.2) is 0 Å². The van der Waals surface area contributed by atoms with Crippen LogP contribution in [0.2, 0.25) is 0 Å². The third-order valence-corrected chi connectivity index (χ3v) is 3.94. The Morgan fingerprint density at radius 3 is 2.35 bits per heavy atom. The molecule has 1 amide bonds. The Labute approximate surface area is 133 Å². The molecular weight excluding hydrogens is 296 g/mol. The highest BCUT2D eigenvalue weighted by Gasteiger charge is 2.41. The van der Waals surface area contributed by atoms with E-state index in [4.69, 9.17) is 4.74 Å². The second-order valence-electron chi connectivity index (χ2n) is 5.35. The smallest absolute Gasteiger partial charge is 0.411 e. The van der Waals surface area contributed by atoms with Crippen LogP contribution in [0, 0.1) is 10.1 Å². The van der Waals surface area contributed by atoms with Gasteiger partial charge in [-0.1, -0.05) is 60.7 Å². The van der Waals surface area contributed by atoms with Crippen LogP contribution in [0.5, 0.6) is 0 Å². The van der Waals surface area contributed by atoms with Crippen LogP contribution in [0.3, 0.4) is 0 Å². The van der Waals surface area contributed by atoms with Crippen LogP contribution in [0.4, 0.5) is 4.79 Å². The summed E-state index contributed by atoms with van der Waals surface area (Å²) in [4.78, 5) is 24.4. The number of carbonyl (C=O) groups excluding carboxylic acids is 1. The van der Waals surface area contributed by atoms with E-state index in [1.807, 2.05) is 36.4 Å². The van der Waals surface area contributed by atoms with Gasteiger partial charge in [-0.15, -0.1) is 0 Å². The normalized spacial score (nSPS) is 18.5. The Hall–Kier alpha value is -2.89. The number of hydrogen-bond acceptors (Lipinski definition) is 4. The van der Waals surface area contributed by atoms with Gasteiger partial charge in [0.05, 0.1) is 6.04 Å². The standard InChI is InChI=1S/C17H16N2O4/c20-17-19(16(12-23-17)14-9-5-2-6-10-14)15(11-18(21)22)13-7-3-1-4-8-13/h1-10,15-16H,11-12H2/t15-,16+/m1/s1. The van der Waals surface area contributed by atoms with Gasteiger partial charge in [-0.3, -0.25) is 15.0 Å². The Kier molecular flexibility index (Phi) is 4.23. The minimum absolute atomic E-state index is 0.198. The van der Waals surface area contributed by atoms with E-state index in [9.17, 15) is 14.9 Å². The molecule has 0 saturated carbocycles. The van der Waals surface area contributed by atoms with Crippen LogP contribution in [0.25, 0.3) is 0 Å². The maximum absolute atomic E-state index is 12.2. The van der Waals surface area contributed by atoms with Crippen LogP contribution >= 0.6 is 0 Å². The van der Waals surface area contributed by atoms with Gasteiger partial charge in [0.25, 0.3) is 0 Å². The first-order valence-electron chi connectivity index (χ1n) is 7.33. The minimum atomic E-state index is -0.661. The zero-order valence-corrected chi connectivity index (χ0v) is 12.4. The van der Waals surface area contributed by atoms with Crippen LogP contribution in [0.1, 0.15) is 23.2 Å². The van der Waals surface area contributed by atoms with Gasteiger partial charge in [0, 0.05) is 4.92 Å². The second kappa shape index (κ2) is 6.48. The fourth-order valence-corrected chi connectivity index (χ4v) is 2.88. The molecule has 1 heterocycles. The Balaban J connectivity index is 1.98. The quantitative estimate of drug-likeness (QED) is 0.628. The Morgan fingerprint density at radius 1 is 1.13 bits per heavy atom. The molecule has 0 radical (unpaired) electrons. The molecule has 2 aromatic carbocycles. The van der Waals surface area contributed by atoms with E-state index in [1.165, 1.54) is 4.90 Å². The number of nitro groups is 1. The number of nitrogens with zero attached hydrogens (tertiary/aromatic N) is 2. The number of amides is 1. The molecule has 0 spiro atoms. The van der Waals surface area contributed by atoms with E-state index in [1.54, 1.807) is 24.3 Å². The molecule has 0 aromatic heterocycles. The van der Waals surface area contributed by atoms with Crippen LogP contribution in [0.15, 0.2) is 60.7 Å². The number of benzene rings is 2. The van der Waals surface area contributed by atoms with Crippen molar-refractivity contribution in [1.82, 2.24) is 4.90 Å². The van der Waals surface area contributed by atoms with Gasteiger partial charge in [-0.2, -0.15) is 0 Å². The van der Waals surface area contributed by atoms with Crippen molar-refractivity contribution in [1.29, 1.82) is 0 Å². The molecule has 0 unspecified atom stereocenters. The van der Waals surface area contributed by atoms with E-state index in [-0.39, 0.29) is 19.2 Å². The van der Waals surface area contributed by atoms with E-state index in [0.29, 0.717) is 0 Å². The molecule has 6 heteroatoms. The van der Waals surface area contributed by atoms with Crippen LogP contribution in [-0.4, -0.2) is 29.1 Å². The second-order valence-corrected chi connectivity index (χ2v) is 5.35. The van der Waals surface area contributed by atoms with Crippen LogP contribution < -0.4 is 0 Å². The van der Waals surface area contributed by atoms with Crippen molar-refractivity contribution >= 4 is 6.09 Å². The fourth-order valence-electron chi connectivity index (χ4n) is 2.88. The molecule has 3 rings (SSSR count). The van der Waals surface area contributed by atoms with Crippen molar-refractivity contribution in [2.45, 2.75) is 12.1 Å². The van der Waals surface area contributed by atoms with Gasteiger partial charge in [0.1, 0.15) is 12.6 Å². The largest absolute Gasteiger partial charge is 0.447 e. The Bertz CT molecular complexity index is 690. The molecule has 1 aliphatic heterocycles. The molecule has 6 nitrogen and oxygen atoms in total.